The van der Waals surface area contributed by atoms with Gasteiger partial charge in [-0.15, -0.1) is 0 Å². The van der Waals surface area contributed by atoms with Gasteiger partial charge in [-0.05, 0) is 37.8 Å². The predicted molar refractivity (Wildman–Crippen MR) is 107 cm³/mol. The van der Waals surface area contributed by atoms with Crippen molar-refractivity contribution < 1.29 is 18.8 Å². The minimum Gasteiger partial charge on any atom is -0.469 e. The Kier molecular flexibility index (Phi) is 5.92. The average molecular weight is 402 g/mol. The van der Waals surface area contributed by atoms with Crippen LogP contribution in [0.5, 0.6) is 0 Å². The van der Waals surface area contributed by atoms with E-state index in [1.807, 2.05) is 17.0 Å². The van der Waals surface area contributed by atoms with Crippen LogP contribution in [0.4, 0.5) is 0 Å². The summed E-state index contributed by atoms with van der Waals surface area (Å²) in [5, 5.41) is 3.08. The van der Waals surface area contributed by atoms with E-state index < -0.39 is 5.54 Å². The second kappa shape index (κ2) is 8.59. The quantitative estimate of drug-likeness (QED) is 0.793. The molecule has 4 rings (SSSR count). The highest BCUT2D eigenvalue weighted by Crippen LogP contribution is 2.30. The first kappa shape index (κ1) is 20.0. The van der Waals surface area contributed by atoms with Crippen molar-refractivity contribution >= 4 is 17.7 Å². The molecule has 1 aliphatic carbocycles. The number of furan rings is 1. The summed E-state index contributed by atoms with van der Waals surface area (Å²) in [7, 11) is 0. The lowest BCUT2D eigenvalue weighted by atomic mass is 9.87. The van der Waals surface area contributed by atoms with Crippen LogP contribution >= 0.6 is 0 Å². The van der Waals surface area contributed by atoms with Gasteiger partial charge in [0.05, 0.1) is 12.8 Å². The van der Waals surface area contributed by atoms with Crippen molar-refractivity contribution in [2.45, 2.75) is 75.8 Å². The molecule has 1 atom stereocenters. The SMILES string of the molecule is O=C1CCC(CCC(=O)N2CCN(C3CCCCC3)C(=O)C2)(Cc2ccco2)N1. The van der Waals surface area contributed by atoms with Crippen LogP contribution in [-0.4, -0.2) is 58.7 Å². The summed E-state index contributed by atoms with van der Waals surface area (Å²) in [4.78, 5) is 41.0. The minimum absolute atomic E-state index is 0.00149. The molecule has 2 aliphatic heterocycles. The molecule has 3 amide bonds. The van der Waals surface area contributed by atoms with Crippen molar-refractivity contribution in [3.05, 3.63) is 24.2 Å². The van der Waals surface area contributed by atoms with Gasteiger partial charge in [0.25, 0.3) is 0 Å². The topological polar surface area (TPSA) is 82.9 Å². The van der Waals surface area contributed by atoms with E-state index in [0.717, 1.165) is 18.6 Å². The Morgan fingerprint density at radius 2 is 2.03 bits per heavy atom. The fourth-order valence-electron chi connectivity index (χ4n) is 5.11. The van der Waals surface area contributed by atoms with Crippen LogP contribution in [0, 0.1) is 0 Å². The number of nitrogens with zero attached hydrogens (tertiary/aromatic N) is 2. The summed E-state index contributed by atoms with van der Waals surface area (Å²) < 4.78 is 5.47. The maximum atomic E-state index is 12.8. The number of amides is 3. The normalized spacial score (nSPS) is 26.1. The van der Waals surface area contributed by atoms with Gasteiger partial charge < -0.3 is 19.5 Å². The van der Waals surface area contributed by atoms with Gasteiger partial charge in [0, 0.05) is 43.9 Å². The van der Waals surface area contributed by atoms with Crippen LogP contribution in [0.1, 0.15) is 63.5 Å². The summed E-state index contributed by atoms with van der Waals surface area (Å²) in [6.07, 6.45) is 10.1. The Bertz CT molecular complexity index is 741. The third-order valence-electron chi connectivity index (χ3n) is 6.77. The van der Waals surface area contributed by atoms with Crippen molar-refractivity contribution in [1.82, 2.24) is 15.1 Å². The zero-order chi connectivity index (χ0) is 20.3. The molecule has 1 N–H and O–H groups in total. The van der Waals surface area contributed by atoms with Crippen molar-refractivity contribution in [3.63, 3.8) is 0 Å². The van der Waals surface area contributed by atoms with E-state index >= 15 is 0 Å². The third-order valence-corrected chi connectivity index (χ3v) is 6.77. The number of piperazine rings is 1. The molecule has 3 heterocycles. The van der Waals surface area contributed by atoms with Gasteiger partial charge in [-0.25, -0.2) is 0 Å². The zero-order valence-corrected chi connectivity index (χ0v) is 17.0. The Morgan fingerprint density at radius 1 is 1.21 bits per heavy atom. The summed E-state index contributed by atoms with van der Waals surface area (Å²) >= 11 is 0. The molecule has 7 nitrogen and oxygen atoms in total. The number of nitrogens with one attached hydrogen (secondary N) is 1. The molecule has 0 radical (unpaired) electrons. The van der Waals surface area contributed by atoms with E-state index in [9.17, 15) is 14.4 Å². The largest absolute Gasteiger partial charge is 0.469 e. The molecule has 29 heavy (non-hydrogen) atoms. The van der Waals surface area contributed by atoms with Gasteiger partial charge in [0.15, 0.2) is 0 Å². The van der Waals surface area contributed by atoms with Crippen LogP contribution < -0.4 is 5.32 Å². The van der Waals surface area contributed by atoms with Gasteiger partial charge in [-0.2, -0.15) is 0 Å². The fraction of sp³-hybridized carbons (Fsp3) is 0.682. The Balaban J connectivity index is 1.31. The summed E-state index contributed by atoms with van der Waals surface area (Å²) in [5.41, 5.74) is -0.432. The molecular formula is C22H31N3O4. The fourth-order valence-corrected chi connectivity index (χ4v) is 5.11. The molecule has 1 unspecified atom stereocenters. The number of hydrogen-bond donors (Lipinski definition) is 1. The standard InChI is InChI=1S/C22H31N3O4/c26-19-8-10-22(23-19,15-18-7-4-14-29-18)11-9-20(27)24-12-13-25(21(28)16-24)17-5-2-1-3-6-17/h4,7,14,17H,1-3,5-6,8-13,15-16H2,(H,23,26). The highest BCUT2D eigenvalue weighted by atomic mass is 16.3. The molecule has 7 heteroatoms. The number of carbonyl (C=O) groups is 3. The van der Waals surface area contributed by atoms with Gasteiger partial charge in [0.1, 0.15) is 5.76 Å². The van der Waals surface area contributed by atoms with Gasteiger partial charge in [-0.1, -0.05) is 19.3 Å². The van der Waals surface area contributed by atoms with E-state index in [1.165, 1.54) is 19.3 Å². The summed E-state index contributed by atoms with van der Waals surface area (Å²) in [6, 6.07) is 4.10. The highest BCUT2D eigenvalue weighted by Gasteiger charge is 2.39. The molecule has 158 valence electrons. The van der Waals surface area contributed by atoms with Crippen LogP contribution in [-0.2, 0) is 20.8 Å². The van der Waals surface area contributed by atoms with Gasteiger partial charge in [0.2, 0.25) is 17.7 Å². The van der Waals surface area contributed by atoms with Crippen molar-refractivity contribution in [3.8, 4) is 0 Å². The molecule has 3 fully saturated rings. The minimum atomic E-state index is -0.432. The molecule has 0 spiro atoms. The van der Waals surface area contributed by atoms with Crippen molar-refractivity contribution in [2.24, 2.45) is 0 Å². The highest BCUT2D eigenvalue weighted by molar-refractivity contribution is 5.86. The summed E-state index contributed by atoms with van der Waals surface area (Å²) in [6.45, 7) is 1.44. The maximum Gasteiger partial charge on any atom is 0.242 e. The Labute approximate surface area is 171 Å². The number of hydrogen-bond acceptors (Lipinski definition) is 4. The second-order valence-electron chi connectivity index (χ2n) is 8.78. The van der Waals surface area contributed by atoms with Crippen molar-refractivity contribution in [2.75, 3.05) is 19.6 Å². The molecule has 0 aromatic carbocycles. The first-order valence-electron chi connectivity index (χ1n) is 11.0. The molecule has 1 aromatic heterocycles. The molecule has 1 aromatic rings. The number of rotatable bonds is 6. The average Bonchev–Trinajstić information content (AvgIpc) is 3.37. The molecule has 0 bridgehead atoms. The molecule has 2 saturated heterocycles. The monoisotopic (exact) mass is 401 g/mol. The van der Waals surface area contributed by atoms with E-state index in [-0.39, 0.29) is 24.3 Å². The number of carbonyl (C=O) groups excluding carboxylic acids is 3. The van der Waals surface area contributed by atoms with E-state index in [0.29, 0.717) is 51.2 Å². The van der Waals surface area contributed by atoms with Gasteiger partial charge in [-0.3, -0.25) is 14.4 Å². The van der Waals surface area contributed by atoms with Crippen LogP contribution in [0.3, 0.4) is 0 Å². The van der Waals surface area contributed by atoms with Crippen LogP contribution in [0.25, 0.3) is 0 Å². The lowest BCUT2D eigenvalue weighted by Gasteiger charge is -2.40. The molecule has 3 aliphatic rings. The van der Waals surface area contributed by atoms with Crippen molar-refractivity contribution in [1.29, 1.82) is 0 Å². The third kappa shape index (κ3) is 4.65. The first-order chi connectivity index (χ1) is 14.0. The second-order valence-corrected chi connectivity index (χ2v) is 8.78. The first-order valence-corrected chi connectivity index (χ1v) is 11.0. The Hall–Kier alpha value is -2.31. The lowest BCUT2D eigenvalue weighted by molar-refractivity contribution is -0.147. The van der Waals surface area contributed by atoms with Crippen LogP contribution in [0.2, 0.25) is 0 Å². The Morgan fingerprint density at radius 3 is 2.69 bits per heavy atom. The van der Waals surface area contributed by atoms with E-state index in [2.05, 4.69) is 5.32 Å². The molecule has 1 saturated carbocycles. The van der Waals surface area contributed by atoms with Crippen LogP contribution in [0.15, 0.2) is 22.8 Å². The zero-order valence-electron chi connectivity index (χ0n) is 17.0. The van der Waals surface area contributed by atoms with E-state index in [4.69, 9.17) is 4.42 Å². The maximum absolute atomic E-state index is 12.8. The lowest BCUT2D eigenvalue weighted by Crippen LogP contribution is -2.56. The van der Waals surface area contributed by atoms with Gasteiger partial charge >= 0.3 is 0 Å². The van der Waals surface area contributed by atoms with E-state index in [1.54, 1.807) is 11.2 Å². The summed E-state index contributed by atoms with van der Waals surface area (Å²) in [5.74, 6) is 0.925. The molecular weight excluding hydrogens is 370 g/mol. The smallest absolute Gasteiger partial charge is 0.242 e. The predicted octanol–water partition coefficient (Wildman–Crippen LogP) is 2.25.